The third-order valence-electron chi connectivity index (χ3n) is 5.05. The van der Waals surface area contributed by atoms with Crippen molar-refractivity contribution in [3.63, 3.8) is 0 Å². The van der Waals surface area contributed by atoms with Gasteiger partial charge in [0, 0.05) is 11.1 Å². The van der Waals surface area contributed by atoms with Crippen molar-refractivity contribution in [3.8, 4) is 0 Å². The number of allylic oxidation sites excluding steroid dienone is 4. The fraction of sp³-hybridized carbons (Fsp3) is 0.400. The highest BCUT2D eigenvalue weighted by atomic mass is 16.5. The van der Waals surface area contributed by atoms with Gasteiger partial charge in [0.25, 0.3) is 0 Å². The van der Waals surface area contributed by atoms with Crippen LogP contribution >= 0.6 is 0 Å². The standard InChI is InChI=1S/C20H21N3O2/c1-11-4-7-18(22-21-11)20(24)17-9-15(14-5-6-14)8-16(10-17)19-12(2)23-25-13(19)3/h4,7,9-10,14-15H,5-6,8H2,1-3H3. The Kier molecular flexibility index (Phi) is 3.86. The molecule has 4 rings (SSSR count). The summed E-state index contributed by atoms with van der Waals surface area (Å²) >= 11 is 0. The molecule has 0 spiro atoms. The number of rotatable bonds is 4. The molecule has 0 aliphatic heterocycles. The molecule has 25 heavy (non-hydrogen) atoms. The van der Waals surface area contributed by atoms with Gasteiger partial charge in [-0.05, 0) is 75.7 Å². The van der Waals surface area contributed by atoms with Crippen LogP contribution in [0.4, 0.5) is 0 Å². The molecule has 5 heteroatoms. The molecule has 0 saturated heterocycles. The molecule has 1 fully saturated rings. The van der Waals surface area contributed by atoms with Gasteiger partial charge in [-0.3, -0.25) is 4.79 Å². The minimum Gasteiger partial charge on any atom is -0.361 e. The topological polar surface area (TPSA) is 68.9 Å². The van der Waals surface area contributed by atoms with Crippen LogP contribution in [-0.2, 0) is 0 Å². The normalized spacial score (nSPS) is 20.2. The number of carbonyl (C=O) groups is 1. The number of carbonyl (C=O) groups excluding carboxylic acids is 1. The van der Waals surface area contributed by atoms with Crippen molar-refractivity contribution in [1.82, 2.24) is 15.4 Å². The number of ketones is 1. The van der Waals surface area contributed by atoms with E-state index in [0.29, 0.717) is 23.1 Å². The first kappa shape index (κ1) is 15.9. The summed E-state index contributed by atoms with van der Waals surface area (Å²) in [5, 5.41) is 12.1. The first-order valence-electron chi connectivity index (χ1n) is 8.73. The van der Waals surface area contributed by atoms with Gasteiger partial charge in [0.1, 0.15) is 11.5 Å². The van der Waals surface area contributed by atoms with E-state index in [4.69, 9.17) is 4.52 Å². The zero-order valence-electron chi connectivity index (χ0n) is 14.7. The van der Waals surface area contributed by atoms with E-state index in [1.807, 2.05) is 32.9 Å². The molecule has 0 radical (unpaired) electrons. The van der Waals surface area contributed by atoms with Crippen LogP contribution in [0.1, 0.15) is 52.5 Å². The van der Waals surface area contributed by atoms with Gasteiger partial charge >= 0.3 is 0 Å². The highest BCUT2D eigenvalue weighted by Crippen LogP contribution is 2.45. The Bertz CT molecular complexity index is 867. The first-order valence-corrected chi connectivity index (χ1v) is 8.73. The number of aromatic nitrogens is 3. The number of nitrogens with zero attached hydrogens (tertiary/aromatic N) is 3. The molecule has 2 aliphatic rings. The van der Waals surface area contributed by atoms with E-state index in [2.05, 4.69) is 21.4 Å². The zero-order chi connectivity index (χ0) is 17.6. The third kappa shape index (κ3) is 3.06. The smallest absolute Gasteiger partial charge is 0.212 e. The van der Waals surface area contributed by atoms with Crippen LogP contribution < -0.4 is 0 Å². The molecular weight excluding hydrogens is 314 g/mol. The van der Waals surface area contributed by atoms with Gasteiger partial charge in [0.05, 0.1) is 11.4 Å². The summed E-state index contributed by atoms with van der Waals surface area (Å²) in [6.07, 6.45) is 7.52. The fourth-order valence-corrected chi connectivity index (χ4v) is 3.59. The van der Waals surface area contributed by atoms with Gasteiger partial charge in [-0.15, -0.1) is 5.10 Å². The average Bonchev–Trinajstić information content (AvgIpc) is 3.40. The number of hydrogen-bond donors (Lipinski definition) is 0. The maximum atomic E-state index is 12.9. The van der Waals surface area contributed by atoms with Crippen LogP contribution in [0, 0.1) is 32.6 Å². The van der Waals surface area contributed by atoms with Crippen molar-refractivity contribution in [2.24, 2.45) is 11.8 Å². The predicted octanol–water partition coefficient (Wildman–Crippen LogP) is 4.01. The van der Waals surface area contributed by atoms with Gasteiger partial charge in [-0.2, -0.15) is 5.10 Å². The summed E-state index contributed by atoms with van der Waals surface area (Å²) in [6.45, 7) is 5.73. The van der Waals surface area contributed by atoms with Crippen molar-refractivity contribution in [2.75, 3.05) is 0 Å². The molecule has 1 saturated carbocycles. The lowest BCUT2D eigenvalue weighted by molar-refractivity contribution is 0.103. The second kappa shape index (κ2) is 6.06. The molecule has 2 heterocycles. The lowest BCUT2D eigenvalue weighted by atomic mass is 9.82. The molecular formula is C20H21N3O2. The maximum Gasteiger partial charge on any atom is 0.212 e. The Morgan fingerprint density at radius 2 is 1.96 bits per heavy atom. The van der Waals surface area contributed by atoms with Crippen LogP contribution in [0.5, 0.6) is 0 Å². The molecule has 1 unspecified atom stereocenters. The van der Waals surface area contributed by atoms with Crippen molar-refractivity contribution < 1.29 is 9.32 Å². The molecule has 5 nitrogen and oxygen atoms in total. The molecule has 2 aromatic rings. The average molecular weight is 335 g/mol. The second-order valence-corrected chi connectivity index (χ2v) is 7.09. The highest BCUT2D eigenvalue weighted by molar-refractivity contribution is 6.10. The van der Waals surface area contributed by atoms with E-state index < -0.39 is 0 Å². The predicted molar refractivity (Wildman–Crippen MR) is 94.0 cm³/mol. The summed E-state index contributed by atoms with van der Waals surface area (Å²) in [4.78, 5) is 12.9. The second-order valence-electron chi connectivity index (χ2n) is 7.09. The molecule has 2 aliphatic carbocycles. The lowest BCUT2D eigenvalue weighted by Gasteiger charge is -2.21. The van der Waals surface area contributed by atoms with Crippen LogP contribution in [0.15, 0.2) is 34.4 Å². The summed E-state index contributed by atoms with van der Waals surface area (Å²) in [6, 6.07) is 3.57. The van der Waals surface area contributed by atoms with E-state index in [-0.39, 0.29) is 5.78 Å². The van der Waals surface area contributed by atoms with Crippen molar-refractivity contribution in [3.05, 3.63) is 58.3 Å². The number of aryl methyl sites for hydroxylation is 3. The van der Waals surface area contributed by atoms with E-state index in [0.717, 1.165) is 34.7 Å². The number of Topliss-reactive ketones (excluding diaryl/α,β-unsaturated/α-hetero) is 1. The lowest BCUT2D eigenvalue weighted by Crippen LogP contribution is -2.14. The van der Waals surface area contributed by atoms with Crippen LogP contribution in [0.2, 0.25) is 0 Å². The summed E-state index contributed by atoms with van der Waals surface area (Å²) in [5.41, 5.74) is 4.95. The minimum atomic E-state index is -0.0675. The van der Waals surface area contributed by atoms with Crippen molar-refractivity contribution in [1.29, 1.82) is 0 Å². The van der Waals surface area contributed by atoms with Crippen LogP contribution in [0.3, 0.4) is 0 Å². The van der Waals surface area contributed by atoms with Gasteiger partial charge in [0.15, 0.2) is 0 Å². The van der Waals surface area contributed by atoms with Crippen molar-refractivity contribution in [2.45, 2.75) is 40.0 Å². The van der Waals surface area contributed by atoms with E-state index >= 15 is 0 Å². The first-order chi connectivity index (χ1) is 12.0. The minimum absolute atomic E-state index is 0.0675. The quantitative estimate of drug-likeness (QED) is 0.790. The van der Waals surface area contributed by atoms with Crippen LogP contribution in [0.25, 0.3) is 5.57 Å². The van der Waals surface area contributed by atoms with E-state index in [1.54, 1.807) is 6.07 Å². The van der Waals surface area contributed by atoms with Crippen LogP contribution in [-0.4, -0.2) is 21.1 Å². The molecule has 128 valence electrons. The Morgan fingerprint density at radius 1 is 1.16 bits per heavy atom. The third-order valence-corrected chi connectivity index (χ3v) is 5.05. The van der Waals surface area contributed by atoms with Gasteiger partial charge < -0.3 is 4.52 Å². The SMILES string of the molecule is Cc1ccc(C(=O)C2=CC(C3CC3)CC(c3c(C)noc3C)=C2)nn1. The van der Waals surface area contributed by atoms with E-state index in [9.17, 15) is 4.79 Å². The summed E-state index contributed by atoms with van der Waals surface area (Å²) in [7, 11) is 0. The van der Waals surface area contributed by atoms with Gasteiger partial charge in [-0.25, -0.2) is 0 Å². The largest absolute Gasteiger partial charge is 0.361 e. The maximum absolute atomic E-state index is 12.9. The molecule has 0 amide bonds. The van der Waals surface area contributed by atoms with Gasteiger partial charge in [-0.1, -0.05) is 11.2 Å². The number of hydrogen-bond acceptors (Lipinski definition) is 5. The fourth-order valence-electron chi connectivity index (χ4n) is 3.59. The molecule has 2 aromatic heterocycles. The zero-order valence-corrected chi connectivity index (χ0v) is 14.7. The van der Waals surface area contributed by atoms with Gasteiger partial charge in [0.2, 0.25) is 5.78 Å². The Hall–Kier alpha value is -2.56. The molecule has 1 atom stereocenters. The molecule has 0 bridgehead atoms. The highest BCUT2D eigenvalue weighted by Gasteiger charge is 2.34. The van der Waals surface area contributed by atoms with E-state index in [1.165, 1.54) is 12.8 Å². The summed E-state index contributed by atoms with van der Waals surface area (Å²) in [5.74, 6) is 1.81. The Balaban J connectivity index is 1.73. The van der Waals surface area contributed by atoms with Crippen molar-refractivity contribution >= 4 is 11.4 Å². The summed E-state index contributed by atoms with van der Waals surface area (Å²) < 4.78 is 5.34. The Labute approximate surface area is 146 Å². The Morgan fingerprint density at radius 3 is 2.56 bits per heavy atom. The molecule has 0 aromatic carbocycles. The molecule has 0 N–H and O–H groups in total. The monoisotopic (exact) mass is 335 g/mol.